The zero-order valence-electron chi connectivity index (χ0n) is 10.6. The Morgan fingerprint density at radius 2 is 1.70 bits per heavy atom. The molecule has 8 nitrogen and oxygen atoms in total. The molecular weight excluding hydrogens is 310 g/mol. The van der Waals surface area contributed by atoms with Crippen LogP contribution in [-0.2, 0) is 15.6 Å². The van der Waals surface area contributed by atoms with Gasteiger partial charge < -0.3 is 29.4 Å². The summed E-state index contributed by atoms with van der Waals surface area (Å²) in [5, 5.41) is 6.34. The first kappa shape index (κ1) is 17.3. The van der Waals surface area contributed by atoms with Gasteiger partial charge >= 0.3 is 15.2 Å². The predicted molar refractivity (Wildman–Crippen MR) is 70.4 cm³/mol. The number of aliphatic hydroxyl groups is 1. The Morgan fingerprint density at radius 1 is 1.15 bits per heavy atom. The van der Waals surface area contributed by atoms with E-state index in [4.69, 9.17) is 24.3 Å². The minimum Gasteiger partial charge on any atom is -0.494 e. The van der Waals surface area contributed by atoms with E-state index in [0.717, 1.165) is 0 Å². The predicted octanol–water partition coefficient (Wildman–Crippen LogP) is 0.629. The van der Waals surface area contributed by atoms with Crippen molar-refractivity contribution in [1.82, 2.24) is 0 Å². The van der Waals surface area contributed by atoms with E-state index in [1.54, 1.807) is 13.0 Å². The fraction of sp³-hybridized carbons (Fsp3) is 0.400. The number of ether oxygens (including phenoxy) is 1. The van der Waals surface area contributed by atoms with Crippen molar-refractivity contribution in [3.05, 3.63) is 29.8 Å². The van der Waals surface area contributed by atoms with Gasteiger partial charge in [0.1, 0.15) is 5.75 Å². The van der Waals surface area contributed by atoms with E-state index in [0.29, 0.717) is 12.4 Å². The molecule has 0 bridgehead atoms. The Labute approximate surface area is 115 Å². The first-order valence-corrected chi connectivity index (χ1v) is 8.79. The molecule has 1 aromatic rings. The summed E-state index contributed by atoms with van der Waals surface area (Å²) >= 11 is 0. The average Bonchev–Trinajstić information content (AvgIpc) is 2.26. The van der Waals surface area contributed by atoms with E-state index in [9.17, 15) is 14.2 Å². The van der Waals surface area contributed by atoms with E-state index in [-0.39, 0.29) is 5.56 Å². The second-order valence-corrected chi connectivity index (χ2v) is 8.13. The molecule has 0 heterocycles. The van der Waals surface area contributed by atoms with Gasteiger partial charge in [0.25, 0.3) is 5.08 Å². The van der Waals surface area contributed by atoms with Gasteiger partial charge in [0.05, 0.1) is 6.61 Å². The van der Waals surface area contributed by atoms with Crippen LogP contribution in [0.15, 0.2) is 24.3 Å². The first-order chi connectivity index (χ1) is 9.01. The lowest BCUT2D eigenvalue weighted by Crippen LogP contribution is -2.31. The van der Waals surface area contributed by atoms with E-state index < -0.39 is 26.7 Å². The molecule has 1 aromatic carbocycles. The Bertz CT molecular complexity index is 538. The maximum Gasteiger partial charge on any atom is 0.369 e. The monoisotopic (exact) mass is 326 g/mol. The van der Waals surface area contributed by atoms with E-state index in [2.05, 4.69) is 0 Å². The summed E-state index contributed by atoms with van der Waals surface area (Å²) in [4.78, 5) is 36.2. The van der Waals surface area contributed by atoms with E-state index in [1.807, 2.05) is 0 Å². The van der Waals surface area contributed by atoms with Gasteiger partial charge in [-0.1, -0.05) is 12.1 Å². The van der Waals surface area contributed by atoms with Crippen molar-refractivity contribution in [2.75, 3.05) is 6.61 Å². The number of benzene rings is 1. The highest BCUT2D eigenvalue weighted by Crippen LogP contribution is 2.68. The highest BCUT2D eigenvalue weighted by Gasteiger charge is 2.59. The zero-order valence-corrected chi connectivity index (χ0v) is 12.4. The van der Waals surface area contributed by atoms with Gasteiger partial charge in [-0.3, -0.25) is 9.13 Å². The lowest BCUT2D eigenvalue weighted by atomic mass is 10.1. The number of hydrogen-bond acceptors (Lipinski definition) is 4. The number of hydrogen-bond donors (Lipinski definition) is 5. The summed E-state index contributed by atoms with van der Waals surface area (Å²) in [5.41, 5.74) is 0.130. The first-order valence-electron chi connectivity index (χ1n) is 5.56. The lowest BCUT2D eigenvalue weighted by Gasteiger charge is -2.29. The standard InChI is InChI=1S/C10H16O8P2/c1-2-18-9-5-3-4-8(6-9)7-10(11,19(12,13)14)20(15,16)17/h3-6,11H,2,7H2,1H3,(H2,12,13,14)(H2,15,16,17). The smallest absolute Gasteiger partial charge is 0.369 e. The summed E-state index contributed by atoms with van der Waals surface area (Å²) in [6.45, 7) is 2.08. The molecule has 0 aromatic heterocycles. The van der Waals surface area contributed by atoms with Crippen LogP contribution in [0, 0.1) is 0 Å². The van der Waals surface area contributed by atoms with E-state index in [1.165, 1.54) is 18.2 Å². The molecule has 20 heavy (non-hydrogen) atoms. The maximum atomic E-state index is 11.2. The zero-order chi connectivity index (χ0) is 15.6. The molecule has 0 saturated heterocycles. The Hall–Kier alpha value is -0.720. The van der Waals surface area contributed by atoms with Gasteiger partial charge in [0.2, 0.25) is 0 Å². The van der Waals surface area contributed by atoms with Crippen LogP contribution in [0.5, 0.6) is 5.75 Å². The largest absolute Gasteiger partial charge is 0.494 e. The molecule has 1 rings (SSSR count). The molecule has 0 aliphatic carbocycles. The van der Waals surface area contributed by atoms with Gasteiger partial charge in [0.15, 0.2) is 0 Å². The van der Waals surface area contributed by atoms with Gasteiger partial charge in [0, 0.05) is 6.42 Å². The molecule has 0 radical (unpaired) electrons. The molecule has 0 spiro atoms. The summed E-state index contributed by atoms with van der Waals surface area (Å²) in [7, 11) is -10.9. The van der Waals surface area contributed by atoms with Crippen molar-refractivity contribution in [2.24, 2.45) is 0 Å². The molecule has 114 valence electrons. The fourth-order valence-corrected chi connectivity index (χ4v) is 3.70. The SMILES string of the molecule is CCOc1cccc(CC(O)(P(=O)(O)O)P(=O)(O)O)c1. The molecule has 10 heteroatoms. The van der Waals surface area contributed by atoms with Crippen LogP contribution in [0.3, 0.4) is 0 Å². The van der Waals surface area contributed by atoms with Crippen LogP contribution >= 0.6 is 15.2 Å². The fourth-order valence-electron chi connectivity index (χ4n) is 1.56. The van der Waals surface area contributed by atoms with E-state index >= 15 is 0 Å². The minimum absolute atomic E-state index is 0.130. The molecule has 0 fully saturated rings. The van der Waals surface area contributed by atoms with Crippen LogP contribution in [0.1, 0.15) is 12.5 Å². The third-order valence-corrected chi connectivity index (χ3v) is 6.33. The van der Waals surface area contributed by atoms with Gasteiger partial charge in [-0.25, -0.2) is 0 Å². The normalized spacial score (nSPS) is 13.3. The molecule has 0 unspecified atom stereocenters. The third kappa shape index (κ3) is 3.68. The van der Waals surface area contributed by atoms with Crippen molar-refractivity contribution >= 4 is 15.2 Å². The average molecular weight is 326 g/mol. The van der Waals surface area contributed by atoms with Crippen LogP contribution in [0.4, 0.5) is 0 Å². The summed E-state index contributed by atoms with van der Waals surface area (Å²) in [5.74, 6) is 0.365. The molecule has 0 atom stereocenters. The van der Waals surface area contributed by atoms with Crippen molar-refractivity contribution in [3.63, 3.8) is 0 Å². The van der Waals surface area contributed by atoms with Crippen molar-refractivity contribution < 1.29 is 38.5 Å². The second kappa shape index (κ2) is 5.95. The minimum atomic E-state index is -5.45. The van der Waals surface area contributed by atoms with Crippen LogP contribution < -0.4 is 4.74 Å². The Balaban J connectivity index is 3.19. The van der Waals surface area contributed by atoms with Gasteiger partial charge in [-0.2, -0.15) is 0 Å². The lowest BCUT2D eigenvalue weighted by molar-refractivity contribution is 0.131. The molecule has 0 aliphatic rings. The van der Waals surface area contributed by atoms with Gasteiger partial charge in [-0.15, -0.1) is 0 Å². The Morgan fingerprint density at radius 3 is 2.15 bits per heavy atom. The van der Waals surface area contributed by atoms with Crippen LogP contribution in [0.2, 0.25) is 0 Å². The summed E-state index contributed by atoms with van der Waals surface area (Å²) in [6, 6.07) is 5.78. The Kier molecular flexibility index (Phi) is 5.16. The van der Waals surface area contributed by atoms with Crippen molar-refractivity contribution in [2.45, 2.75) is 18.4 Å². The highest BCUT2D eigenvalue weighted by molar-refractivity contribution is 7.72. The second-order valence-electron chi connectivity index (χ2n) is 4.12. The van der Waals surface area contributed by atoms with Crippen molar-refractivity contribution in [1.29, 1.82) is 0 Å². The van der Waals surface area contributed by atoms with Gasteiger partial charge in [-0.05, 0) is 24.6 Å². The summed E-state index contributed by atoms with van der Waals surface area (Å²) in [6.07, 6.45) is -0.900. The molecular formula is C10H16O8P2. The molecule has 0 saturated carbocycles. The molecule has 0 amide bonds. The molecule has 5 N–H and O–H groups in total. The van der Waals surface area contributed by atoms with Crippen molar-refractivity contribution in [3.8, 4) is 5.75 Å². The van der Waals surface area contributed by atoms with Crippen LogP contribution in [0.25, 0.3) is 0 Å². The number of rotatable bonds is 6. The molecule has 0 aliphatic heterocycles. The highest BCUT2D eigenvalue weighted by atomic mass is 31.2. The quantitative estimate of drug-likeness (QED) is 0.479. The maximum absolute atomic E-state index is 11.2. The topological polar surface area (TPSA) is 145 Å². The summed E-state index contributed by atoms with van der Waals surface area (Å²) < 4.78 is 27.6. The third-order valence-electron chi connectivity index (χ3n) is 2.58. The van der Waals surface area contributed by atoms with Crippen LogP contribution in [-0.4, -0.2) is 36.4 Å².